The first-order chi connectivity index (χ1) is 10.1. The smallest absolute Gasteiger partial charge is 0.269 e. The number of pyridine rings is 1. The molecular formula is C14H12N4O3. The average Bonchev–Trinajstić information content (AvgIpc) is 2.49. The summed E-state index contributed by atoms with van der Waals surface area (Å²) in [6.45, 7) is 0. The number of non-ortho nitro benzene ring substituents is 1. The van der Waals surface area contributed by atoms with Gasteiger partial charge in [0.15, 0.2) is 0 Å². The van der Waals surface area contributed by atoms with E-state index in [2.05, 4.69) is 15.5 Å². The summed E-state index contributed by atoms with van der Waals surface area (Å²) in [7, 11) is 0. The summed E-state index contributed by atoms with van der Waals surface area (Å²) in [5.41, 5.74) is 3.67. The molecule has 2 rings (SSSR count). The fourth-order valence-corrected chi connectivity index (χ4v) is 1.58. The molecule has 0 atom stereocenters. The van der Waals surface area contributed by atoms with Crippen LogP contribution < -0.4 is 5.43 Å². The Morgan fingerprint density at radius 1 is 1.29 bits per heavy atom. The van der Waals surface area contributed by atoms with Crippen LogP contribution in [0.5, 0.6) is 0 Å². The molecule has 1 amide bonds. The first-order valence-corrected chi connectivity index (χ1v) is 6.11. The number of nitrogens with zero attached hydrogens (tertiary/aromatic N) is 3. The molecule has 0 saturated heterocycles. The number of amides is 1. The number of benzene rings is 1. The highest BCUT2D eigenvalue weighted by molar-refractivity contribution is 5.82. The highest BCUT2D eigenvalue weighted by Crippen LogP contribution is 2.12. The van der Waals surface area contributed by atoms with Crippen LogP contribution in [0.15, 0.2) is 53.8 Å². The third-order valence-electron chi connectivity index (χ3n) is 2.59. The lowest BCUT2D eigenvalue weighted by Gasteiger charge is -2.00. The van der Waals surface area contributed by atoms with E-state index in [1.54, 1.807) is 30.5 Å². The molecule has 1 heterocycles. The van der Waals surface area contributed by atoms with Crippen molar-refractivity contribution in [3.63, 3.8) is 0 Å². The highest BCUT2D eigenvalue weighted by atomic mass is 16.6. The Morgan fingerprint density at radius 2 is 2.05 bits per heavy atom. The van der Waals surface area contributed by atoms with E-state index in [-0.39, 0.29) is 18.0 Å². The maximum Gasteiger partial charge on any atom is 0.269 e. The number of hydrogen-bond acceptors (Lipinski definition) is 5. The first kappa shape index (κ1) is 14.3. The summed E-state index contributed by atoms with van der Waals surface area (Å²) in [6.07, 6.45) is 3.16. The molecule has 0 saturated carbocycles. The number of nitrogens with one attached hydrogen (secondary N) is 1. The minimum atomic E-state index is -0.485. The van der Waals surface area contributed by atoms with E-state index in [0.29, 0.717) is 11.3 Å². The molecule has 1 aromatic heterocycles. The third kappa shape index (κ3) is 4.50. The Labute approximate surface area is 120 Å². The van der Waals surface area contributed by atoms with Gasteiger partial charge in [-0.15, -0.1) is 0 Å². The first-order valence-electron chi connectivity index (χ1n) is 6.11. The highest BCUT2D eigenvalue weighted by Gasteiger charge is 2.06. The van der Waals surface area contributed by atoms with E-state index in [9.17, 15) is 14.9 Å². The zero-order valence-corrected chi connectivity index (χ0v) is 11.0. The summed E-state index contributed by atoms with van der Waals surface area (Å²) in [5.74, 6) is -0.309. The van der Waals surface area contributed by atoms with Crippen LogP contribution in [-0.2, 0) is 11.2 Å². The van der Waals surface area contributed by atoms with E-state index in [4.69, 9.17) is 0 Å². The largest absolute Gasteiger partial charge is 0.273 e. The molecule has 0 spiro atoms. The predicted octanol–water partition coefficient (Wildman–Crippen LogP) is 1.68. The van der Waals surface area contributed by atoms with Crippen LogP contribution in [0.1, 0.15) is 11.3 Å². The van der Waals surface area contributed by atoms with E-state index in [0.717, 1.165) is 0 Å². The molecule has 1 N–H and O–H groups in total. The fraction of sp³-hybridized carbons (Fsp3) is 0.0714. The number of carbonyl (C=O) groups is 1. The Balaban J connectivity index is 1.87. The monoisotopic (exact) mass is 284 g/mol. The quantitative estimate of drug-likeness (QED) is 0.513. The SMILES string of the molecule is O=C(Cc1ccc([N+](=O)[O-])cc1)N/N=C/c1ccccn1. The number of hydrogen-bond donors (Lipinski definition) is 1. The van der Waals surface area contributed by atoms with E-state index >= 15 is 0 Å². The molecule has 0 bridgehead atoms. The Bertz CT molecular complexity index is 654. The Morgan fingerprint density at radius 3 is 2.67 bits per heavy atom. The molecule has 21 heavy (non-hydrogen) atoms. The number of aromatic nitrogens is 1. The Hall–Kier alpha value is -3.09. The van der Waals surface area contributed by atoms with Crippen LogP contribution >= 0.6 is 0 Å². The zero-order valence-electron chi connectivity index (χ0n) is 11.0. The van der Waals surface area contributed by atoms with Crippen LogP contribution in [0.25, 0.3) is 0 Å². The molecule has 7 heteroatoms. The van der Waals surface area contributed by atoms with Crippen molar-refractivity contribution in [2.45, 2.75) is 6.42 Å². The van der Waals surface area contributed by atoms with Crippen LogP contribution in [0.4, 0.5) is 5.69 Å². The van der Waals surface area contributed by atoms with Gasteiger partial charge in [0.2, 0.25) is 5.91 Å². The maximum absolute atomic E-state index is 11.6. The van der Waals surface area contributed by atoms with Gasteiger partial charge in [0.25, 0.3) is 5.69 Å². The summed E-state index contributed by atoms with van der Waals surface area (Å²) in [6, 6.07) is 11.2. The van der Waals surface area contributed by atoms with Gasteiger partial charge in [0.05, 0.1) is 23.3 Å². The summed E-state index contributed by atoms with van der Waals surface area (Å²) < 4.78 is 0. The van der Waals surface area contributed by atoms with Gasteiger partial charge in [-0.1, -0.05) is 18.2 Å². The number of nitro benzene ring substituents is 1. The van der Waals surface area contributed by atoms with Crippen LogP contribution in [0.2, 0.25) is 0 Å². The lowest BCUT2D eigenvalue weighted by molar-refractivity contribution is -0.384. The molecule has 0 unspecified atom stereocenters. The van der Waals surface area contributed by atoms with Crippen molar-refractivity contribution in [1.82, 2.24) is 10.4 Å². The molecule has 0 aliphatic carbocycles. The number of nitro groups is 1. The minimum Gasteiger partial charge on any atom is -0.273 e. The molecule has 0 fully saturated rings. The number of carbonyl (C=O) groups excluding carboxylic acids is 1. The van der Waals surface area contributed by atoms with Gasteiger partial charge >= 0.3 is 0 Å². The summed E-state index contributed by atoms with van der Waals surface area (Å²) >= 11 is 0. The molecule has 0 radical (unpaired) electrons. The number of hydrazone groups is 1. The molecular weight excluding hydrogens is 272 g/mol. The van der Waals surface area contributed by atoms with Crippen molar-refractivity contribution in [3.8, 4) is 0 Å². The molecule has 7 nitrogen and oxygen atoms in total. The standard InChI is InChI=1S/C14H12N4O3/c19-14(17-16-10-12-3-1-2-8-15-12)9-11-4-6-13(7-5-11)18(20)21/h1-8,10H,9H2,(H,17,19)/b16-10+. The molecule has 0 aliphatic rings. The van der Waals surface area contributed by atoms with Crippen LogP contribution in [0, 0.1) is 10.1 Å². The zero-order chi connectivity index (χ0) is 15.1. The van der Waals surface area contributed by atoms with Gasteiger partial charge in [0.1, 0.15) is 0 Å². The van der Waals surface area contributed by atoms with Crippen molar-refractivity contribution < 1.29 is 9.72 Å². The minimum absolute atomic E-state index is 0.00710. The Kier molecular flexibility index (Phi) is 4.70. The summed E-state index contributed by atoms with van der Waals surface area (Å²) in [4.78, 5) is 25.7. The molecule has 0 aliphatic heterocycles. The number of rotatable bonds is 5. The van der Waals surface area contributed by atoms with Gasteiger partial charge in [-0.05, 0) is 17.7 Å². The second kappa shape index (κ2) is 6.90. The fourth-order valence-electron chi connectivity index (χ4n) is 1.58. The van der Waals surface area contributed by atoms with Crippen molar-refractivity contribution >= 4 is 17.8 Å². The van der Waals surface area contributed by atoms with Crippen LogP contribution in [0.3, 0.4) is 0 Å². The third-order valence-corrected chi connectivity index (χ3v) is 2.59. The molecule has 1 aromatic carbocycles. The van der Waals surface area contributed by atoms with E-state index in [1.807, 2.05) is 6.07 Å². The second-order valence-electron chi connectivity index (χ2n) is 4.15. The van der Waals surface area contributed by atoms with Crippen LogP contribution in [-0.4, -0.2) is 22.0 Å². The normalized spacial score (nSPS) is 10.5. The van der Waals surface area contributed by atoms with Gasteiger partial charge in [0, 0.05) is 18.3 Å². The van der Waals surface area contributed by atoms with E-state index in [1.165, 1.54) is 18.3 Å². The topological polar surface area (TPSA) is 97.5 Å². The lowest BCUT2D eigenvalue weighted by Crippen LogP contribution is -2.19. The maximum atomic E-state index is 11.6. The van der Waals surface area contributed by atoms with Gasteiger partial charge in [-0.25, -0.2) is 5.43 Å². The van der Waals surface area contributed by atoms with Crippen molar-refractivity contribution in [2.75, 3.05) is 0 Å². The van der Waals surface area contributed by atoms with Gasteiger partial charge in [-0.3, -0.25) is 19.9 Å². The van der Waals surface area contributed by atoms with E-state index < -0.39 is 4.92 Å². The average molecular weight is 284 g/mol. The summed E-state index contributed by atoms with van der Waals surface area (Å²) in [5, 5.41) is 14.3. The van der Waals surface area contributed by atoms with Gasteiger partial charge in [-0.2, -0.15) is 5.10 Å². The molecule has 106 valence electrons. The van der Waals surface area contributed by atoms with Crippen molar-refractivity contribution in [3.05, 3.63) is 70.0 Å². The molecule has 2 aromatic rings. The lowest BCUT2D eigenvalue weighted by atomic mass is 10.1. The van der Waals surface area contributed by atoms with Gasteiger partial charge < -0.3 is 0 Å². The van der Waals surface area contributed by atoms with Crippen molar-refractivity contribution in [1.29, 1.82) is 0 Å². The van der Waals surface area contributed by atoms with Crippen molar-refractivity contribution in [2.24, 2.45) is 5.10 Å². The second-order valence-corrected chi connectivity index (χ2v) is 4.15. The predicted molar refractivity (Wildman–Crippen MR) is 76.8 cm³/mol.